The van der Waals surface area contributed by atoms with Crippen LogP contribution in [0.2, 0.25) is 0 Å². The predicted octanol–water partition coefficient (Wildman–Crippen LogP) is 3.02. The molecule has 3 N–H and O–H groups in total. The number of ether oxygens (including phenoxy) is 1. The summed E-state index contributed by atoms with van der Waals surface area (Å²) < 4.78 is 45.7. The molecule has 2 amide bonds. The van der Waals surface area contributed by atoms with Crippen LogP contribution < -0.4 is 20.3 Å². The first-order chi connectivity index (χ1) is 15.2. The fourth-order valence-electron chi connectivity index (χ4n) is 2.74. The average Bonchev–Trinajstić information content (AvgIpc) is 2.78. The Morgan fingerprint density at radius 1 is 0.875 bits per heavy atom. The standard InChI is InChI=1S/C22H20FN3O5S/c1-14-3-12-19(32(29,30)26-17-8-6-16(23)7-9-17)13-20(14)22(28)25-24-21(27)15-4-10-18(31-2)11-5-15/h3-13,26H,1-2H3,(H,24,27)(H,25,28). The molecular formula is C22H20FN3O5S. The Kier molecular flexibility index (Phi) is 6.74. The van der Waals surface area contributed by atoms with Crippen LogP contribution in [0.15, 0.2) is 71.6 Å². The van der Waals surface area contributed by atoms with Crippen molar-refractivity contribution in [2.45, 2.75) is 11.8 Å². The third kappa shape index (κ3) is 5.41. The molecule has 0 saturated heterocycles. The van der Waals surface area contributed by atoms with Gasteiger partial charge >= 0.3 is 0 Å². The molecule has 3 aromatic carbocycles. The second-order valence-corrected chi connectivity index (χ2v) is 8.41. The molecule has 3 aromatic rings. The molecule has 0 aromatic heterocycles. The minimum Gasteiger partial charge on any atom is -0.497 e. The lowest BCUT2D eigenvalue weighted by atomic mass is 10.1. The number of carbonyl (C=O) groups is 2. The summed E-state index contributed by atoms with van der Waals surface area (Å²) in [6.45, 7) is 1.63. The van der Waals surface area contributed by atoms with E-state index in [0.29, 0.717) is 16.9 Å². The summed E-state index contributed by atoms with van der Waals surface area (Å²) in [5, 5.41) is 0. The average molecular weight is 457 g/mol. The zero-order valence-corrected chi connectivity index (χ0v) is 18.0. The van der Waals surface area contributed by atoms with Gasteiger partial charge in [0.15, 0.2) is 0 Å². The molecule has 0 heterocycles. The highest BCUT2D eigenvalue weighted by atomic mass is 32.2. The van der Waals surface area contributed by atoms with Gasteiger partial charge in [-0.2, -0.15) is 0 Å². The van der Waals surface area contributed by atoms with E-state index >= 15 is 0 Å². The molecular weight excluding hydrogens is 437 g/mol. The molecule has 0 atom stereocenters. The Morgan fingerprint density at radius 2 is 1.50 bits per heavy atom. The number of halogens is 1. The Morgan fingerprint density at radius 3 is 2.12 bits per heavy atom. The van der Waals surface area contributed by atoms with E-state index in [1.165, 1.54) is 49.6 Å². The third-order valence-corrected chi connectivity index (χ3v) is 5.88. The van der Waals surface area contributed by atoms with Gasteiger partial charge < -0.3 is 4.74 Å². The molecule has 0 saturated carbocycles. The van der Waals surface area contributed by atoms with E-state index in [9.17, 15) is 22.4 Å². The molecule has 32 heavy (non-hydrogen) atoms. The van der Waals surface area contributed by atoms with E-state index in [0.717, 1.165) is 12.1 Å². The van der Waals surface area contributed by atoms with Crippen LogP contribution >= 0.6 is 0 Å². The first kappa shape index (κ1) is 22.8. The molecule has 0 radical (unpaired) electrons. The number of methoxy groups -OCH3 is 1. The number of carbonyl (C=O) groups excluding carboxylic acids is 2. The van der Waals surface area contributed by atoms with Crippen molar-refractivity contribution in [3.8, 4) is 5.75 Å². The van der Waals surface area contributed by atoms with Gasteiger partial charge in [0.2, 0.25) is 0 Å². The quantitative estimate of drug-likeness (QED) is 0.493. The molecule has 0 aliphatic heterocycles. The second-order valence-electron chi connectivity index (χ2n) is 6.73. The summed E-state index contributed by atoms with van der Waals surface area (Å²) in [5.74, 6) is -1.17. The van der Waals surface area contributed by atoms with Crippen molar-refractivity contribution >= 4 is 27.5 Å². The van der Waals surface area contributed by atoms with Gasteiger partial charge in [-0.15, -0.1) is 0 Å². The van der Waals surface area contributed by atoms with Crippen LogP contribution in [0.3, 0.4) is 0 Å². The lowest BCUT2D eigenvalue weighted by Gasteiger charge is -2.12. The summed E-state index contributed by atoms with van der Waals surface area (Å²) in [7, 11) is -2.53. The van der Waals surface area contributed by atoms with E-state index in [-0.39, 0.29) is 16.1 Å². The van der Waals surface area contributed by atoms with Crippen molar-refractivity contribution in [2.75, 3.05) is 11.8 Å². The summed E-state index contributed by atoms with van der Waals surface area (Å²) in [6.07, 6.45) is 0. The van der Waals surface area contributed by atoms with E-state index in [4.69, 9.17) is 4.74 Å². The number of benzene rings is 3. The third-order valence-electron chi connectivity index (χ3n) is 4.50. The predicted molar refractivity (Wildman–Crippen MR) is 116 cm³/mol. The minimum atomic E-state index is -4.03. The largest absolute Gasteiger partial charge is 0.497 e. The van der Waals surface area contributed by atoms with Crippen molar-refractivity contribution in [1.82, 2.24) is 10.9 Å². The molecule has 0 aliphatic carbocycles. The molecule has 0 bridgehead atoms. The number of sulfonamides is 1. The number of hydrazine groups is 1. The first-order valence-electron chi connectivity index (χ1n) is 9.33. The molecule has 166 valence electrons. The van der Waals surface area contributed by atoms with Crippen LogP contribution in [0.25, 0.3) is 0 Å². The lowest BCUT2D eigenvalue weighted by molar-refractivity contribution is 0.0846. The number of rotatable bonds is 6. The van der Waals surface area contributed by atoms with Gasteiger partial charge in [-0.05, 0) is 73.2 Å². The minimum absolute atomic E-state index is 0.0574. The van der Waals surface area contributed by atoms with Crippen LogP contribution in [0.1, 0.15) is 26.3 Å². The normalized spacial score (nSPS) is 10.8. The number of hydrogen-bond donors (Lipinski definition) is 3. The van der Waals surface area contributed by atoms with Crippen LogP contribution in [0.5, 0.6) is 5.75 Å². The molecule has 0 unspecified atom stereocenters. The van der Waals surface area contributed by atoms with Crippen molar-refractivity contribution < 1.29 is 27.1 Å². The van der Waals surface area contributed by atoms with Crippen molar-refractivity contribution in [2.24, 2.45) is 0 Å². The van der Waals surface area contributed by atoms with E-state index < -0.39 is 27.7 Å². The zero-order chi connectivity index (χ0) is 23.3. The van der Waals surface area contributed by atoms with Crippen molar-refractivity contribution in [1.29, 1.82) is 0 Å². The highest BCUT2D eigenvalue weighted by molar-refractivity contribution is 7.92. The topological polar surface area (TPSA) is 114 Å². The number of anilines is 1. The van der Waals surface area contributed by atoms with E-state index in [2.05, 4.69) is 15.6 Å². The summed E-state index contributed by atoms with van der Waals surface area (Å²) in [6, 6.07) is 15.1. The number of nitrogens with one attached hydrogen (secondary N) is 3. The Labute approximate surface area is 184 Å². The number of aryl methyl sites for hydroxylation is 1. The van der Waals surface area contributed by atoms with Gasteiger partial charge in [-0.3, -0.25) is 25.2 Å². The van der Waals surface area contributed by atoms with E-state index in [1.54, 1.807) is 19.1 Å². The van der Waals surface area contributed by atoms with Gasteiger partial charge in [0, 0.05) is 16.8 Å². The molecule has 3 rings (SSSR count). The molecule has 8 nitrogen and oxygen atoms in total. The van der Waals surface area contributed by atoms with Gasteiger partial charge in [0.05, 0.1) is 12.0 Å². The lowest BCUT2D eigenvalue weighted by Crippen LogP contribution is -2.41. The number of hydrogen-bond acceptors (Lipinski definition) is 5. The van der Waals surface area contributed by atoms with Crippen LogP contribution in [-0.4, -0.2) is 27.3 Å². The Balaban J connectivity index is 1.73. The second kappa shape index (κ2) is 9.48. The summed E-state index contributed by atoms with van der Waals surface area (Å²) in [5.41, 5.74) is 5.58. The summed E-state index contributed by atoms with van der Waals surface area (Å²) >= 11 is 0. The SMILES string of the molecule is COc1ccc(C(=O)NNC(=O)c2cc(S(=O)(=O)Nc3ccc(F)cc3)ccc2C)cc1. The molecule has 0 aliphatic rings. The van der Waals surface area contributed by atoms with Gasteiger partial charge in [0.1, 0.15) is 11.6 Å². The fraction of sp³-hybridized carbons (Fsp3) is 0.0909. The Bertz CT molecular complexity index is 1240. The smallest absolute Gasteiger partial charge is 0.270 e. The monoisotopic (exact) mass is 457 g/mol. The maximum atomic E-state index is 13.0. The maximum Gasteiger partial charge on any atom is 0.270 e. The van der Waals surface area contributed by atoms with E-state index in [1.807, 2.05) is 0 Å². The fourth-order valence-corrected chi connectivity index (χ4v) is 3.82. The molecule has 0 fully saturated rings. The van der Waals surface area contributed by atoms with Crippen molar-refractivity contribution in [3.05, 3.63) is 89.2 Å². The molecule has 0 spiro atoms. The molecule has 10 heteroatoms. The Hall–Kier alpha value is -3.92. The van der Waals surface area contributed by atoms with Crippen LogP contribution in [-0.2, 0) is 10.0 Å². The van der Waals surface area contributed by atoms with Crippen molar-refractivity contribution in [3.63, 3.8) is 0 Å². The van der Waals surface area contributed by atoms with Gasteiger partial charge in [-0.25, -0.2) is 12.8 Å². The summed E-state index contributed by atoms with van der Waals surface area (Å²) in [4.78, 5) is 24.6. The highest BCUT2D eigenvalue weighted by Crippen LogP contribution is 2.20. The number of amides is 2. The van der Waals surface area contributed by atoms with Gasteiger partial charge in [0.25, 0.3) is 21.8 Å². The van der Waals surface area contributed by atoms with Crippen LogP contribution in [0.4, 0.5) is 10.1 Å². The van der Waals surface area contributed by atoms with Crippen LogP contribution in [0, 0.1) is 12.7 Å². The highest BCUT2D eigenvalue weighted by Gasteiger charge is 2.19. The van der Waals surface area contributed by atoms with Gasteiger partial charge in [-0.1, -0.05) is 6.07 Å². The maximum absolute atomic E-state index is 13.0. The first-order valence-corrected chi connectivity index (χ1v) is 10.8. The zero-order valence-electron chi connectivity index (χ0n) is 17.2.